The van der Waals surface area contributed by atoms with E-state index in [4.69, 9.17) is 9.47 Å². The van der Waals surface area contributed by atoms with E-state index < -0.39 is 41.3 Å². The lowest BCUT2D eigenvalue weighted by molar-refractivity contribution is -0.240. The van der Waals surface area contributed by atoms with Crippen molar-refractivity contribution in [2.24, 2.45) is 5.92 Å². The number of fused-ring (bicyclic) bond motifs is 1. The summed E-state index contributed by atoms with van der Waals surface area (Å²) in [7, 11) is 0. The van der Waals surface area contributed by atoms with Crippen LogP contribution in [-0.4, -0.2) is 22.7 Å². The number of aromatic amines is 1. The molecule has 2 heterocycles. The lowest BCUT2D eigenvalue weighted by Gasteiger charge is -2.36. The average molecular weight is 445 g/mol. The summed E-state index contributed by atoms with van der Waals surface area (Å²) in [5, 5.41) is 0.777. The van der Waals surface area contributed by atoms with Crippen molar-refractivity contribution in [3.8, 4) is 0 Å². The van der Waals surface area contributed by atoms with E-state index in [9.17, 15) is 22.8 Å². The van der Waals surface area contributed by atoms with Crippen molar-refractivity contribution in [1.82, 2.24) is 4.98 Å². The van der Waals surface area contributed by atoms with E-state index in [1.165, 1.54) is 26.0 Å². The molecule has 8 heteroatoms. The minimum absolute atomic E-state index is 0.374. The summed E-state index contributed by atoms with van der Waals surface area (Å²) in [4.78, 5) is 29.0. The van der Waals surface area contributed by atoms with Crippen LogP contribution in [0.3, 0.4) is 0 Å². The van der Waals surface area contributed by atoms with Crippen LogP contribution < -0.4 is 0 Å². The highest BCUT2D eigenvalue weighted by Crippen LogP contribution is 2.42. The first-order chi connectivity index (χ1) is 15.0. The van der Waals surface area contributed by atoms with E-state index in [2.05, 4.69) is 4.98 Å². The number of carbonyl (C=O) groups excluding carboxylic acids is 2. The second-order valence-electron chi connectivity index (χ2n) is 8.25. The van der Waals surface area contributed by atoms with Gasteiger partial charge in [0.2, 0.25) is 0 Å². The third-order valence-electron chi connectivity index (χ3n) is 5.68. The number of para-hydroxylation sites is 1. The average Bonchev–Trinajstić information content (AvgIpc) is 3.13. The number of rotatable bonds is 4. The van der Waals surface area contributed by atoms with Gasteiger partial charge in [-0.1, -0.05) is 37.3 Å². The van der Waals surface area contributed by atoms with Crippen molar-refractivity contribution in [1.29, 1.82) is 0 Å². The standard InChI is InChI=1S/C24H22F3NO4/c1-4-13-6-5-7-16-17(12-28-20(13)16)18(14-8-10-15(11-9-14)24(25,26)27)19-21(29)31-23(2,3)32-22(19)30/h5-12,18-19,28H,4H2,1-3H3. The summed E-state index contributed by atoms with van der Waals surface area (Å²) in [6.07, 6.45) is -2.06. The smallest absolute Gasteiger partial charge is 0.416 e. The van der Waals surface area contributed by atoms with Crippen molar-refractivity contribution >= 4 is 22.8 Å². The van der Waals surface area contributed by atoms with E-state index in [-0.39, 0.29) is 0 Å². The largest absolute Gasteiger partial charge is 0.422 e. The fourth-order valence-electron chi connectivity index (χ4n) is 4.22. The number of benzene rings is 2. The Labute approximate surface area is 182 Å². The van der Waals surface area contributed by atoms with Crippen molar-refractivity contribution in [3.05, 3.63) is 70.9 Å². The first kappa shape index (κ1) is 21.9. The van der Waals surface area contributed by atoms with Gasteiger partial charge < -0.3 is 14.5 Å². The van der Waals surface area contributed by atoms with Gasteiger partial charge in [-0.3, -0.25) is 9.59 Å². The SMILES string of the molecule is CCc1cccc2c(C(c3ccc(C(F)(F)F)cc3)C3C(=O)OC(C)(C)OC3=O)c[nH]c12. The zero-order chi connectivity index (χ0) is 23.3. The van der Waals surface area contributed by atoms with Crippen LogP contribution in [0.1, 0.15) is 48.9 Å². The number of hydrogen-bond donors (Lipinski definition) is 1. The topological polar surface area (TPSA) is 68.4 Å². The zero-order valence-electron chi connectivity index (χ0n) is 17.7. The fourth-order valence-corrected chi connectivity index (χ4v) is 4.22. The van der Waals surface area contributed by atoms with Gasteiger partial charge in [0.15, 0.2) is 5.92 Å². The van der Waals surface area contributed by atoms with Crippen molar-refractivity contribution in [2.75, 3.05) is 0 Å². The van der Waals surface area contributed by atoms with Crippen LogP contribution in [0.5, 0.6) is 0 Å². The van der Waals surface area contributed by atoms with Crippen molar-refractivity contribution in [2.45, 2.75) is 45.1 Å². The van der Waals surface area contributed by atoms with Gasteiger partial charge in [0, 0.05) is 36.9 Å². The first-order valence-electron chi connectivity index (χ1n) is 10.2. The number of halogens is 3. The van der Waals surface area contributed by atoms with Gasteiger partial charge in [-0.25, -0.2) is 0 Å². The number of aryl methyl sites for hydroxylation is 1. The molecule has 0 radical (unpaired) electrons. The molecule has 1 aliphatic heterocycles. The fraction of sp³-hybridized carbons (Fsp3) is 0.333. The third-order valence-corrected chi connectivity index (χ3v) is 5.68. The van der Waals surface area contributed by atoms with Crippen LogP contribution in [0.2, 0.25) is 0 Å². The van der Waals surface area contributed by atoms with Crippen molar-refractivity contribution in [3.63, 3.8) is 0 Å². The number of aromatic nitrogens is 1. The third kappa shape index (κ3) is 3.85. The summed E-state index contributed by atoms with van der Waals surface area (Å²) in [5.41, 5.74) is 2.05. The molecular weight excluding hydrogens is 423 g/mol. The van der Waals surface area contributed by atoms with Gasteiger partial charge in [-0.2, -0.15) is 13.2 Å². The molecule has 2 aromatic carbocycles. The quantitative estimate of drug-likeness (QED) is 0.435. The van der Waals surface area contributed by atoms with E-state index in [0.29, 0.717) is 11.1 Å². The van der Waals surface area contributed by atoms with Crippen LogP contribution in [-0.2, 0) is 31.7 Å². The summed E-state index contributed by atoms with van der Waals surface area (Å²) in [6.45, 7) is 4.90. The number of hydrogen-bond acceptors (Lipinski definition) is 4. The molecule has 1 atom stereocenters. The highest BCUT2D eigenvalue weighted by Gasteiger charge is 2.48. The Morgan fingerprint density at radius 1 is 1.03 bits per heavy atom. The molecule has 5 nitrogen and oxygen atoms in total. The molecule has 1 aromatic heterocycles. The van der Waals surface area contributed by atoms with Gasteiger partial charge in [0.1, 0.15) is 0 Å². The highest BCUT2D eigenvalue weighted by atomic mass is 19.4. The molecule has 0 bridgehead atoms. The number of ether oxygens (including phenoxy) is 2. The Bertz CT molecular complexity index is 1160. The number of esters is 2. The zero-order valence-corrected chi connectivity index (χ0v) is 17.7. The number of cyclic esters (lactones) is 2. The van der Waals surface area contributed by atoms with Gasteiger partial charge in [-0.05, 0) is 35.2 Å². The number of H-pyrrole nitrogens is 1. The minimum atomic E-state index is -4.50. The highest BCUT2D eigenvalue weighted by molar-refractivity contribution is 5.99. The molecule has 0 aliphatic carbocycles. The normalized spacial score (nSPS) is 17.8. The van der Waals surface area contributed by atoms with Gasteiger partial charge in [-0.15, -0.1) is 0 Å². The minimum Gasteiger partial charge on any atom is -0.422 e. The summed E-state index contributed by atoms with van der Waals surface area (Å²) >= 11 is 0. The molecule has 3 aromatic rings. The Morgan fingerprint density at radius 3 is 2.22 bits per heavy atom. The number of alkyl halides is 3. The molecule has 1 N–H and O–H groups in total. The van der Waals surface area contributed by atoms with Crippen LogP contribution in [0.15, 0.2) is 48.7 Å². The van der Waals surface area contributed by atoms with E-state index in [0.717, 1.165) is 35.0 Å². The molecule has 32 heavy (non-hydrogen) atoms. The molecule has 0 amide bonds. The maximum absolute atomic E-state index is 13.1. The summed E-state index contributed by atoms with van der Waals surface area (Å²) in [5.74, 6) is -5.22. The summed E-state index contributed by atoms with van der Waals surface area (Å²) < 4.78 is 49.9. The van der Waals surface area contributed by atoms with Crippen molar-refractivity contribution < 1.29 is 32.2 Å². The maximum Gasteiger partial charge on any atom is 0.416 e. The van der Waals surface area contributed by atoms with Gasteiger partial charge >= 0.3 is 18.1 Å². The molecular formula is C24H22F3NO4. The molecule has 4 rings (SSSR count). The van der Waals surface area contributed by atoms with Crippen LogP contribution in [0.4, 0.5) is 13.2 Å². The van der Waals surface area contributed by atoms with E-state index in [1.54, 1.807) is 6.20 Å². The Hall–Kier alpha value is -3.29. The second kappa shape index (κ2) is 7.69. The van der Waals surface area contributed by atoms with Crippen LogP contribution in [0, 0.1) is 5.92 Å². The molecule has 1 saturated heterocycles. The predicted molar refractivity (Wildman–Crippen MR) is 111 cm³/mol. The van der Waals surface area contributed by atoms with Crippen LogP contribution in [0.25, 0.3) is 10.9 Å². The molecule has 1 fully saturated rings. The van der Waals surface area contributed by atoms with Gasteiger partial charge in [0.25, 0.3) is 5.79 Å². The maximum atomic E-state index is 13.1. The van der Waals surface area contributed by atoms with E-state index in [1.807, 2.05) is 25.1 Å². The predicted octanol–water partition coefficient (Wildman–Crippen LogP) is 5.33. The first-order valence-corrected chi connectivity index (χ1v) is 10.2. The monoisotopic (exact) mass is 445 g/mol. The number of carbonyl (C=O) groups is 2. The Balaban J connectivity index is 1.88. The van der Waals surface area contributed by atoms with E-state index >= 15 is 0 Å². The van der Waals surface area contributed by atoms with Crippen LogP contribution >= 0.6 is 0 Å². The molecule has 1 unspecified atom stereocenters. The molecule has 0 saturated carbocycles. The Kier molecular flexibility index (Phi) is 5.27. The molecule has 0 spiro atoms. The van der Waals surface area contributed by atoms with Gasteiger partial charge in [0.05, 0.1) is 5.56 Å². The molecule has 168 valence electrons. The number of nitrogens with one attached hydrogen (secondary N) is 1. The lowest BCUT2D eigenvalue weighted by Crippen LogP contribution is -2.48. The summed E-state index contributed by atoms with van der Waals surface area (Å²) in [6, 6.07) is 10.1. The molecule has 1 aliphatic rings. The lowest BCUT2D eigenvalue weighted by atomic mass is 9.79. The Morgan fingerprint density at radius 2 is 1.66 bits per heavy atom. The second-order valence-corrected chi connectivity index (χ2v) is 8.25.